The molecule has 0 bridgehead atoms. The number of H-pyrrole nitrogens is 1. The molecule has 3 N–H and O–H groups in total. The number of aromatic nitrogens is 1. The lowest BCUT2D eigenvalue weighted by atomic mass is 10.1. The van der Waals surface area contributed by atoms with Crippen molar-refractivity contribution in [1.82, 2.24) is 25.4 Å². The molecule has 1 saturated heterocycles. The highest BCUT2D eigenvalue weighted by molar-refractivity contribution is 5.84. The number of urea groups is 1. The number of rotatable bonds is 7. The highest BCUT2D eigenvalue weighted by Crippen LogP contribution is 2.19. The standard InChI is InChI=1S/C22H31N5O3/c1-16(2)25-20(28)9-10-23-22(30)27-13-11-26(12-14-27)21(29)8-7-17-15-24-19-6-4-3-5-18(17)19/h3-6,15-16,24H,7-14H2,1-2H3,(H,23,30)(H,25,28). The topological polar surface area (TPSA) is 97.5 Å². The first kappa shape index (κ1) is 21.7. The van der Waals surface area contributed by atoms with E-state index in [1.165, 1.54) is 0 Å². The van der Waals surface area contributed by atoms with Crippen LogP contribution in [-0.4, -0.2) is 71.4 Å². The molecule has 0 radical (unpaired) electrons. The molecule has 2 heterocycles. The zero-order valence-corrected chi connectivity index (χ0v) is 17.7. The third-order valence-corrected chi connectivity index (χ3v) is 5.28. The number of nitrogens with zero attached hydrogens (tertiary/aromatic N) is 2. The van der Waals surface area contributed by atoms with E-state index in [4.69, 9.17) is 0 Å². The Bertz CT molecular complexity index is 884. The highest BCUT2D eigenvalue weighted by Gasteiger charge is 2.24. The normalized spacial score (nSPS) is 14.2. The van der Waals surface area contributed by atoms with Gasteiger partial charge in [0.15, 0.2) is 0 Å². The number of piperazine rings is 1. The minimum absolute atomic E-state index is 0.0732. The Morgan fingerprint density at radius 3 is 2.47 bits per heavy atom. The molecule has 0 unspecified atom stereocenters. The van der Waals surface area contributed by atoms with E-state index < -0.39 is 0 Å². The quantitative estimate of drug-likeness (QED) is 0.646. The number of para-hydroxylation sites is 1. The van der Waals surface area contributed by atoms with Crippen molar-refractivity contribution in [2.45, 2.75) is 39.2 Å². The number of fused-ring (bicyclic) bond motifs is 1. The monoisotopic (exact) mass is 413 g/mol. The number of nitrogens with one attached hydrogen (secondary N) is 3. The molecule has 0 aliphatic carbocycles. The van der Waals surface area contributed by atoms with E-state index in [1.54, 1.807) is 4.90 Å². The van der Waals surface area contributed by atoms with E-state index in [1.807, 2.05) is 43.1 Å². The lowest BCUT2D eigenvalue weighted by Crippen LogP contribution is -2.53. The van der Waals surface area contributed by atoms with E-state index in [0.717, 1.165) is 16.5 Å². The van der Waals surface area contributed by atoms with Gasteiger partial charge in [-0.25, -0.2) is 4.79 Å². The first-order valence-electron chi connectivity index (χ1n) is 10.6. The third kappa shape index (κ3) is 5.75. The van der Waals surface area contributed by atoms with Gasteiger partial charge in [0.2, 0.25) is 11.8 Å². The van der Waals surface area contributed by atoms with Crippen LogP contribution in [0, 0.1) is 0 Å². The second kappa shape index (κ2) is 10.1. The first-order valence-corrected chi connectivity index (χ1v) is 10.6. The van der Waals surface area contributed by atoms with Crippen molar-refractivity contribution < 1.29 is 14.4 Å². The Morgan fingerprint density at radius 1 is 1.03 bits per heavy atom. The molecule has 8 heteroatoms. The summed E-state index contributed by atoms with van der Waals surface area (Å²) in [6.45, 7) is 6.18. The number of aryl methyl sites for hydroxylation is 1. The Balaban J connectivity index is 1.37. The fourth-order valence-electron chi connectivity index (χ4n) is 3.69. The van der Waals surface area contributed by atoms with Crippen LogP contribution < -0.4 is 10.6 Å². The molecule has 1 aromatic carbocycles. The molecule has 0 saturated carbocycles. The molecule has 0 spiro atoms. The van der Waals surface area contributed by atoms with Gasteiger partial charge in [-0.1, -0.05) is 18.2 Å². The van der Waals surface area contributed by atoms with Crippen LogP contribution in [-0.2, 0) is 16.0 Å². The molecule has 2 aromatic rings. The van der Waals surface area contributed by atoms with Gasteiger partial charge in [-0.05, 0) is 31.9 Å². The number of carbonyl (C=O) groups is 3. The average molecular weight is 414 g/mol. The van der Waals surface area contributed by atoms with Gasteiger partial charge in [-0.2, -0.15) is 0 Å². The zero-order chi connectivity index (χ0) is 21.5. The maximum absolute atomic E-state index is 12.6. The number of carbonyl (C=O) groups excluding carboxylic acids is 3. The lowest BCUT2D eigenvalue weighted by molar-refractivity contribution is -0.132. The maximum atomic E-state index is 12.6. The van der Waals surface area contributed by atoms with Crippen LogP contribution in [0.2, 0.25) is 0 Å². The van der Waals surface area contributed by atoms with Crippen molar-refractivity contribution in [1.29, 1.82) is 0 Å². The molecule has 1 fully saturated rings. The number of benzene rings is 1. The Morgan fingerprint density at radius 2 is 1.73 bits per heavy atom. The SMILES string of the molecule is CC(C)NC(=O)CCNC(=O)N1CCN(C(=O)CCc2c[nH]c3ccccc23)CC1. The molecular weight excluding hydrogens is 382 g/mol. The number of hydrogen-bond acceptors (Lipinski definition) is 3. The minimum atomic E-state index is -0.182. The zero-order valence-electron chi connectivity index (χ0n) is 17.7. The smallest absolute Gasteiger partial charge is 0.317 e. The van der Waals surface area contributed by atoms with Crippen LogP contribution in [0.1, 0.15) is 32.3 Å². The van der Waals surface area contributed by atoms with Gasteiger partial charge < -0.3 is 25.4 Å². The Hall–Kier alpha value is -3.03. The van der Waals surface area contributed by atoms with Crippen LogP contribution in [0.15, 0.2) is 30.5 Å². The largest absolute Gasteiger partial charge is 0.361 e. The van der Waals surface area contributed by atoms with E-state index >= 15 is 0 Å². The summed E-state index contributed by atoms with van der Waals surface area (Å²) in [6.07, 6.45) is 3.39. The minimum Gasteiger partial charge on any atom is -0.361 e. The van der Waals surface area contributed by atoms with Gasteiger partial charge in [0.25, 0.3) is 0 Å². The van der Waals surface area contributed by atoms with Crippen molar-refractivity contribution in [3.63, 3.8) is 0 Å². The molecule has 1 aromatic heterocycles. The molecule has 4 amide bonds. The number of hydrogen-bond donors (Lipinski definition) is 3. The summed E-state index contributed by atoms with van der Waals surface area (Å²) in [5.74, 6) is 0.0432. The summed E-state index contributed by atoms with van der Waals surface area (Å²) in [7, 11) is 0. The summed E-state index contributed by atoms with van der Waals surface area (Å²) >= 11 is 0. The second-order valence-corrected chi connectivity index (χ2v) is 7.93. The second-order valence-electron chi connectivity index (χ2n) is 7.93. The summed E-state index contributed by atoms with van der Waals surface area (Å²) < 4.78 is 0. The van der Waals surface area contributed by atoms with Crippen molar-refractivity contribution in [2.75, 3.05) is 32.7 Å². The number of amides is 4. The molecule has 30 heavy (non-hydrogen) atoms. The molecule has 1 aliphatic rings. The van der Waals surface area contributed by atoms with Crippen LogP contribution in [0.25, 0.3) is 10.9 Å². The van der Waals surface area contributed by atoms with Gasteiger partial charge in [0, 0.05) is 68.7 Å². The molecular formula is C22H31N5O3. The molecule has 162 valence electrons. The lowest BCUT2D eigenvalue weighted by Gasteiger charge is -2.34. The summed E-state index contributed by atoms with van der Waals surface area (Å²) in [5.41, 5.74) is 2.24. The molecule has 0 atom stereocenters. The van der Waals surface area contributed by atoms with E-state index in [9.17, 15) is 14.4 Å². The van der Waals surface area contributed by atoms with Crippen LogP contribution in [0.3, 0.4) is 0 Å². The predicted octanol–water partition coefficient (Wildman–Crippen LogP) is 1.87. The van der Waals surface area contributed by atoms with E-state index in [2.05, 4.69) is 21.7 Å². The third-order valence-electron chi connectivity index (χ3n) is 5.28. The number of aromatic amines is 1. The molecule has 8 nitrogen and oxygen atoms in total. The van der Waals surface area contributed by atoms with Crippen molar-refractivity contribution in [3.05, 3.63) is 36.0 Å². The van der Waals surface area contributed by atoms with Crippen molar-refractivity contribution >= 4 is 28.7 Å². The highest BCUT2D eigenvalue weighted by atomic mass is 16.2. The Labute approximate surface area is 177 Å². The predicted molar refractivity (Wildman–Crippen MR) is 116 cm³/mol. The van der Waals surface area contributed by atoms with Crippen molar-refractivity contribution in [2.24, 2.45) is 0 Å². The summed E-state index contributed by atoms with van der Waals surface area (Å²) in [4.78, 5) is 43.2. The van der Waals surface area contributed by atoms with Crippen LogP contribution in [0.4, 0.5) is 4.79 Å². The van der Waals surface area contributed by atoms with Crippen LogP contribution in [0.5, 0.6) is 0 Å². The summed E-state index contributed by atoms with van der Waals surface area (Å²) in [6, 6.07) is 8.00. The van der Waals surface area contributed by atoms with Crippen LogP contribution >= 0.6 is 0 Å². The van der Waals surface area contributed by atoms with E-state index in [0.29, 0.717) is 45.6 Å². The Kier molecular flexibility index (Phi) is 7.32. The fourth-order valence-corrected chi connectivity index (χ4v) is 3.69. The maximum Gasteiger partial charge on any atom is 0.317 e. The van der Waals surface area contributed by atoms with Gasteiger partial charge in [-0.3, -0.25) is 9.59 Å². The van der Waals surface area contributed by atoms with E-state index in [-0.39, 0.29) is 30.3 Å². The molecule has 3 rings (SSSR count). The fraction of sp³-hybridized carbons (Fsp3) is 0.500. The molecule has 1 aliphatic heterocycles. The van der Waals surface area contributed by atoms with Crippen molar-refractivity contribution in [3.8, 4) is 0 Å². The summed E-state index contributed by atoms with van der Waals surface area (Å²) in [5, 5.41) is 6.74. The average Bonchev–Trinajstić information content (AvgIpc) is 3.14. The van der Waals surface area contributed by atoms with Gasteiger partial charge >= 0.3 is 6.03 Å². The first-order chi connectivity index (χ1) is 14.4. The van der Waals surface area contributed by atoms with Gasteiger partial charge in [0.05, 0.1) is 0 Å². The van der Waals surface area contributed by atoms with Gasteiger partial charge in [-0.15, -0.1) is 0 Å². The van der Waals surface area contributed by atoms with Gasteiger partial charge in [0.1, 0.15) is 0 Å².